The average Bonchev–Trinajstić information content (AvgIpc) is 2.79. The molecule has 1 spiro atoms. The zero-order valence-electron chi connectivity index (χ0n) is 11.0. The largest absolute Gasteiger partial charge is 0.298 e. The molecule has 1 aliphatic carbocycles. The minimum atomic E-state index is 0.741. The zero-order chi connectivity index (χ0) is 12.4. The summed E-state index contributed by atoms with van der Waals surface area (Å²) in [5.41, 5.74) is 0.741. The molecule has 0 radical (unpaired) electrons. The normalized spacial score (nSPS) is 24.5. The van der Waals surface area contributed by atoms with Gasteiger partial charge in [0.25, 0.3) is 0 Å². The van der Waals surface area contributed by atoms with Gasteiger partial charge < -0.3 is 0 Å². The second kappa shape index (κ2) is 5.64. The van der Waals surface area contributed by atoms with Gasteiger partial charge in [0.1, 0.15) is 0 Å². The quantitative estimate of drug-likeness (QED) is 0.734. The van der Waals surface area contributed by atoms with E-state index in [1.54, 1.807) is 0 Å². The molecular formula is C15H22BrNS. The number of nitrogens with zero attached hydrogens (tertiary/aromatic N) is 1. The van der Waals surface area contributed by atoms with Crippen LogP contribution in [-0.4, -0.2) is 18.0 Å². The van der Waals surface area contributed by atoms with Crippen molar-refractivity contribution in [3.63, 3.8) is 0 Å². The highest BCUT2D eigenvalue weighted by molar-refractivity contribution is 9.11. The van der Waals surface area contributed by atoms with E-state index in [4.69, 9.17) is 0 Å². The first-order valence-electron chi connectivity index (χ1n) is 7.22. The number of likely N-dealkylation sites (tertiary alicyclic amines) is 1. The van der Waals surface area contributed by atoms with Crippen molar-refractivity contribution in [1.29, 1.82) is 0 Å². The maximum Gasteiger partial charge on any atom is 0.0701 e. The molecule has 2 heterocycles. The summed E-state index contributed by atoms with van der Waals surface area (Å²) in [5, 5.41) is 0. The van der Waals surface area contributed by atoms with Gasteiger partial charge in [0.2, 0.25) is 0 Å². The number of hydrogen-bond donors (Lipinski definition) is 0. The van der Waals surface area contributed by atoms with Gasteiger partial charge in [0, 0.05) is 11.4 Å². The third-order valence-electron chi connectivity index (χ3n) is 4.84. The van der Waals surface area contributed by atoms with Crippen LogP contribution in [0.25, 0.3) is 0 Å². The van der Waals surface area contributed by atoms with Gasteiger partial charge in [-0.2, -0.15) is 0 Å². The van der Waals surface area contributed by atoms with E-state index in [0.717, 1.165) is 12.0 Å². The molecule has 18 heavy (non-hydrogen) atoms. The summed E-state index contributed by atoms with van der Waals surface area (Å²) >= 11 is 5.44. The Morgan fingerprint density at radius 1 is 1.06 bits per heavy atom. The van der Waals surface area contributed by atoms with Crippen molar-refractivity contribution < 1.29 is 0 Å². The lowest BCUT2D eigenvalue weighted by molar-refractivity contribution is 0.0646. The van der Waals surface area contributed by atoms with E-state index in [-0.39, 0.29) is 0 Å². The van der Waals surface area contributed by atoms with Crippen LogP contribution in [0.15, 0.2) is 15.9 Å². The van der Waals surface area contributed by atoms with E-state index in [1.807, 2.05) is 11.3 Å². The van der Waals surface area contributed by atoms with Crippen molar-refractivity contribution >= 4 is 27.3 Å². The Bertz CT molecular complexity index is 385. The Morgan fingerprint density at radius 3 is 2.39 bits per heavy atom. The highest BCUT2D eigenvalue weighted by atomic mass is 79.9. The van der Waals surface area contributed by atoms with Crippen LogP contribution in [0, 0.1) is 5.41 Å². The lowest BCUT2D eigenvalue weighted by Crippen LogP contribution is -2.40. The van der Waals surface area contributed by atoms with Crippen molar-refractivity contribution in [3.8, 4) is 0 Å². The Labute approximate surface area is 123 Å². The third kappa shape index (κ3) is 3.00. The average molecular weight is 328 g/mol. The maximum atomic E-state index is 3.55. The molecule has 0 aromatic carbocycles. The predicted molar refractivity (Wildman–Crippen MR) is 82.0 cm³/mol. The fourth-order valence-electron chi connectivity index (χ4n) is 3.64. The van der Waals surface area contributed by atoms with E-state index in [1.165, 1.54) is 66.7 Å². The molecule has 0 unspecified atom stereocenters. The van der Waals surface area contributed by atoms with E-state index in [2.05, 4.69) is 33.0 Å². The molecule has 0 N–H and O–H groups in total. The summed E-state index contributed by atoms with van der Waals surface area (Å²) in [5.74, 6) is 0. The molecule has 1 nitrogen and oxygen atoms in total. The summed E-state index contributed by atoms with van der Waals surface area (Å²) < 4.78 is 1.26. The molecule has 1 aromatic rings. The first-order valence-corrected chi connectivity index (χ1v) is 8.83. The smallest absolute Gasteiger partial charge is 0.0701 e. The molecule has 0 bridgehead atoms. The van der Waals surface area contributed by atoms with Crippen LogP contribution >= 0.6 is 27.3 Å². The van der Waals surface area contributed by atoms with E-state index >= 15 is 0 Å². The molecule has 2 fully saturated rings. The van der Waals surface area contributed by atoms with Crippen LogP contribution in [0.5, 0.6) is 0 Å². The number of hydrogen-bond acceptors (Lipinski definition) is 2. The first kappa shape index (κ1) is 13.1. The molecule has 0 amide bonds. The third-order valence-corrected chi connectivity index (χ3v) is 6.45. The fraction of sp³-hybridized carbons (Fsp3) is 0.733. The highest BCUT2D eigenvalue weighted by Crippen LogP contribution is 2.44. The molecule has 3 heteroatoms. The Morgan fingerprint density at radius 2 is 1.78 bits per heavy atom. The van der Waals surface area contributed by atoms with Crippen LogP contribution in [0.4, 0.5) is 0 Å². The Balaban J connectivity index is 1.53. The van der Waals surface area contributed by atoms with Gasteiger partial charge in [-0.1, -0.05) is 19.3 Å². The molecular weight excluding hydrogens is 306 g/mol. The topological polar surface area (TPSA) is 3.24 Å². The van der Waals surface area contributed by atoms with Gasteiger partial charge in [-0.15, -0.1) is 11.3 Å². The van der Waals surface area contributed by atoms with Gasteiger partial charge in [-0.25, -0.2) is 0 Å². The number of thiophene rings is 1. The molecule has 1 saturated carbocycles. The number of piperidine rings is 1. The second-order valence-corrected chi connectivity index (χ2v) is 8.59. The van der Waals surface area contributed by atoms with Gasteiger partial charge in [0.15, 0.2) is 0 Å². The second-order valence-electron chi connectivity index (χ2n) is 6.04. The lowest BCUT2D eigenvalue weighted by atomic mass is 9.68. The fourth-order valence-corrected chi connectivity index (χ4v) is 5.17. The minimum Gasteiger partial charge on any atom is -0.298 e. The standard InChI is InChI=1S/C15H22BrNS/c16-14-5-4-13(18-14)12-17-10-8-15(9-11-17)6-2-1-3-7-15/h4-5H,1-3,6-12H2. The van der Waals surface area contributed by atoms with Crippen molar-refractivity contribution in [2.45, 2.75) is 51.5 Å². The van der Waals surface area contributed by atoms with Crippen LogP contribution in [-0.2, 0) is 6.54 Å². The maximum absolute atomic E-state index is 3.55. The predicted octanol–water partition coefficient (Wildman–Crippen LogP) is 5.06. The molecule has 1 saturated heterocycles. The zero-order valence-corrected chi connectivity index (χ0v) is 13.4. The first-order chi connectivity index (χ1) is 8.76. The summed E-state index contributed by atoms with van der Waals surface area (Å²) in [6.07, 6.45) is 10.3. The monoisotopic (exact) mass is 327 g/mol. The van der Waals surface area contributed by atoms with Crippen molar-refractivity contribution in [2.24, 2.45) is 5.41 Å². The van der Waals surface area contributed by atoms with Crippen LogP contribution in [0.1, 0.15) is 49.8 Å². The Hall–Kier alpha value is 0.140. The minimum absolute atomic E-state index is 0.741. The number of rotatable bonds is 2. The summed E-state index contributed by atoms with van der Waals surface area (Å²) in [6, 6.07) is 4.44. The Kier molecular flexibility index (Phi) is 4.12. The van der Waals surface area contributed by atoms with E-state index in [0.29, 0.717) is 0 Å². The summed E-state index contributed by atoms with van der Waals surface area (Å²) in [6.45, 7) is 3.79. The molecule has 1 aliphatic heterocycles. The lowest BCUT2D eigenvalue weighted by Gasteiger charge is -2.44. The molecule has 2 aliphatic rings. The van der Waals surface area contributed by atoms with Crippen molar-refractivity contribution in [1.82, 2.24) is 4.90 Å². The van der Waals surface area contributed by atoms with Gasteiger partial charge in [0.05, 0.1) is 3.79 Å². The van der Waals surface area contributed by atoms with Crippen LogP contribution in [0.2, 0.25) is 0 Å². The van der Waals surface area contributed by atoms with Crippen molar-refractivity contribution in [2.75, 3.05) is 13.1 Å². The SMILES string of the molecule is Brc1ccc(CN2CCC3(CCCCC3)CC2)s1. The van der Waals surface area contributed by atoms with Gasteiger partial charge in [-0.05, 0) is 72.3 Å². The summed E-state index contributed by atoms with van der Waals surface area (Å²) in [7, 11) is 0. The number of halogens is 1. The highest BCUT2D eigenvalue weighted by Gasteiger charge is 2.35. The molecule has 100 valence electrons. The van der Waals surface area contributed by atoms with Crippen molar-refractivity contribution in [3.05, 3.63) is 20.8 Å². The van der Waals surface area contributed by atoms with Gasteiger partial charge in [-0.3, -0.25) is 4.90 Å². The van der Waals surface area contributed by atoms with Gasteiger partial charge >= 0.3 is 0 Å². The van der Waals surface area contributed by atoms with E-state index < -0.39 is 0 Å². The molecule has 0 atom stereocenters. The van der Waals surface area contributed by atoms with E-state index in [9.17, 15) is 0 Å². The molecule has 1 aromatic heterocycles. The van der Waals surface area contributed by atoms with Crippen LogP contribution in [0.3, 0.4) is 0 Å². The molecule has 3 rings (SSSR count). The summed E-state index contributed by atoms with van der Waals surface area (Å²) in [4.78, 5) is 4.15. The van der Waals surface area contributed by atoms with Crippen LogP contribution < -0.4 is 0 Å².